The number of carbonyl (C=O) groups excluding carboxylic acids is 2. The number of benzene rings is 4. The summed E-state index contributed by atoms with van der Waals surface area (Å²) in [4.78, 5) is 29.7. The molecule has 46 heavy (non-hydrogen) atoms. The summed E-state index contributed by atoms with van der Waals surface area (Å²) in [6, 6.07) is 26.3. The molecule has 0 heterocycles. The van der Waals surface area contributed by atoms with Gasteiger partial charge in [0.1, 0.15) is 18.3 Å². The second kappa shape index (κ2) is 16.0. The summed E-state index contributed by atoms with van der Waals surface area (Å²) in [6.07, 6.45) is 0.914. The topological polar surface area (TPSA) is 96.0 Å². The molecule has 0 unspecified atom stereocenters. The highest BCUT2D eigenvalue weighted by Gasteiger charge is 2.34. The summed E-state index contributed by atoms with van der Waals surface area (Å²) in [5.41, 5.74) is 2.58. The second-order valence-corrected chi connectivity index (χ2v) is 13.5. The number of hydrogen-bond donors (Lipinski definition) is 1. The molecular weight excluding hydrogens is 645 g/mol. The van der Waals surface area contributed by atoms with E-state index in [1.54, 1.807) is 37.4 Å². The van der Waals surface area contributed by atoms with Crippen molar-refractivity contribution in [3.05, 3.63) is 124 Å². The lowest BCUT2D eigenvalue weighted by atomic mass is 10.0. The van der Waals surface area contributed by atoms with E-state index in [-0.39, 0.29) is 39.5 Å². The summed E-state index contributed by atoms with van der Waals surface area (Å²) in [7, 11) is -2.72. The number of hydrogen-bond acceptors (Lipinski definition) is 5. The van der Waals surface area contributed by atoms with Crippen molar-refractivity contribution in [3.63, 3.8) is 0 Å². The van der Waals surface area contributed by atoms with Gasteiger partial charge in [-0.2, -0.15) is 0 Å². The van der Waals surface area contributed by atoms with E-state index in [2.05, 4.69) is 5.32 Å². The molecule has 4 aromatic carbocycles. The Bertz CT molecular complexity index is 1750. The summed E-state index contributed by atoms with van der Waals surface area (Å²) < 4.78 is 34.7. The minimum Gasteiger partial charge on any atom is -0.497 e. The first-order valence-electron chi connectivity index (χ1n) is 14.8. The van der Waals surface area contributed by atoms with Crippen molar-refractivity contribution < 1.29 is 22.7 Å². The van der Waals surface area contributed by atoms with Crippen molar-refractivity contribution in [2.24, 2.45) is 0 Å². The molecule has 0 saturated heterocycles. The fraction of sp³-hybridized carbons (Fsp3) is 0.257. The summed E-state index contributed by atoms with van der Waals surface area (Å²) in [5, 5.41) is 3.30. The van der Waals surface area contributed by atoms with Gasteiger partial charge in [0, 0.05) is 19.5 Å². The van der Waals surface area contributed by atoms with Gasteiger partial charge in [-0.15, -0.1) is 0 Å². The zero-order valence-corrected chi connectivity index (χ0v) is 28.3. The van der Waals surface area contributed by atoms with Crippen LogP contribution in [-0.4, -0.2) is 51.4 Å². The van der Waals surface area contributed by atoms with Crippen LogP contribution in [0.1, 0.15) is 30.0 Å². The van der Waals surface area contributed by atoms with Crippen LogP contribution in [-0.2, 0) is 32.6 Å². The number of rotatable bonds is 14. The fourth-order valence-corrected chi connectivity index (χ4v) is 6.59. The summed E-state index contributed by atoms with van der Waals surface area (Å²) >= 11 is 12.5. The van der Waals surface area contributed by atoms with Gasteiger partial charge in [-0.05, 0) is 66.9 Å². The van der Waals surface area contributed by atoms with Crippen molar-refractivity contribution >= 4 is 50.7 Å². The quantitative estimate of drug-likeness (QED) is 0.160. The van der Waals surface area contributed by atoms with Crippen LogP contribution < -0.4 is 14.4 Å². The van der Waals surface area contributed by atoms with E-state index in [0.717, 1.165) is 15.4 Å². The first kappa shape index (κ1) is 34.8. The highest BCUT2D eigenvalue weighted by molar-refractivity contribution is 7.92. The Labute approximate surface area is 280 Å². The van der Waals surface area contributed by atoms with Gasteiger partial charge in [-0.25, -0.2) is 8.42 Å². The van der Waals surface area contributed by atoms with Gasteiger partial charge >= 0.3 is 0 Å². The van der Waals surface area contributed by atoms with Crippen molar-refractivity contribution in [2.45, 2.75) is 44.2 Å². The lowest BCUT2D eigenvalue weighted by Gasteiger charge is -2.34. The first-order valence-corrected chi connectivity index (χ1v) is 17.0. The number of halogens is 2. The number of methoxy groups -OCH3 is 1. The van der Waals surface area contributed by atoms with E-state index in [9.17, 15) is 18.0 Å². The Morgan fingerprint density at radius 2 is 1.57 bits per heavy atom. The molecule has 2 amide bonds. The van der Waals surface area contributed by atoms with E-state index in [1.165, 1.54) is 35.2 Å². The minimum absolute atomic E-state index is 0.00200. The second-order valence-electron chi connectivity index (χ2n) is 10.8. The van der Waals surface area contributed by atoms with Crippen LogP contribution in [0.15, 0.2) is 102 Å². The van der Waals surface area contributed by atoms with Gasteiger partial charge in [0.15, 0.2) is 0 Å². The molecule has 8 nitrogen and oxygen atoms in total. The van der Waals surface area contributed by atoms with Crippen LogP contribution in [0.4, 0.5) is 5.69 Å². The molecule has 0 radical (unpaired) electrons. The summed E-state index contributed by atoms with van der Waals surface area (Å²) in [6.45, 7) is 3.63. The molecule has 0 saturated carbocycles. The number of ether oxygens (including phenoxy) is 1. The molecule has 0 aliphatic rings. The SMILES string of the molecule is CCCNC(=O)[C@@H](Cc1ccccc1)N(Cc1cccc(OC)c1)C(=O)CN(c1ccc(Cl)c(Cl)c1)S(=O)(=O)c1ccc(C)cc1. The zero-order valence-electron chi connectivity index (χ0n) is 26.0. The third-order valence-electron chi connectivity index (χ3n) is 7.39. The van der Waals surface area contributed by atoms with E-state index < -0.39 is 28.5 Å². The average molecular weight is 683 g/mol. The Balaban J connectivity index is 1.82. The van der Waals surface area contributed by atoms with E-state index in [4.69, 9.17) is 27.9 Å². The van der Waals surface area contributed by atoms with Crippen LogP contribution in [0, 0.1) is 6.92 Å². The maximum Gasteiger partial charge on any atom is 0.264 e. The number of nitrogens with one attached hydrogen (secondary N) is 1. The molecule has 0 bridgehead atoms. The van der Waals surface area contributed by atoms with Crippen molar-refractivity contribution in [3.8, 4) is 5.75 Å². The predicted octanol–water partition coefficient (Wildman–Crippen LogP) is 6.67. The third kappa shape index (κ3) is 8.81. The standard InChI is InChI=1S/C35H37Cl2N3O5S/c1-4-19-38-35(42)33(21-26-9-6-5-7-10-26)39(23-27-11-8-12-29(20-27)45-3)34(41)24-40(28-15-18-31(36)32(37)22-28)46(43,44)30-16-13-25(2)14-17-30/h5-18,20,22,33H,4,19,21,23-24H2,1-3H3,(H,38,42)/t33-/m1/s1. The zero-order chi connectivity index (χ0) is 33.3. The molecule has 0 aliphatic carbocycles. The maximum atomic E-state index is 14.5. The summed E-state index contributed by atoms with van der Waals surface area (Å²) in [5.74, 6) is -0.346. The van der Waals surface area contributed by atoms with Gasteiger partial charge in [-0.1, -0.05) is 90.3 Å². The minimum atomic E-state index is -4.27. The number of sulfonamides is 1. The number of anilines is 1. The molecule has 4 aromatic rings. The smallest absolute Gasteiger partial charge is 0.264 e. The molecule has 1 atom stereocenters. The van der Waals surface area contributed by atoms with Crippen LogP contribution in [0.3, 0.4) is 0 Å². The number of amides is 2. The molecule has 4 rings (SSSR count). The molecule has 0 aliphatic heterocycles. The van der Waals surface area contributed by atoms with E-state index >= 15 is 0 Å². The Morgan fingerprint density at radius 3 is 2.22 bits per heavy atom. The molecule has 11 heteroatoms. The molecule has 0 spiro atoms. The molecular formula is C35H37Cl2N3O5S. The fourth-order valence-electron chi connectivity index (χ4n) is 4.89. The maximum absolute atomic E-state index is 14.5. The Morgan fingerprint density at radius 1 is 0.870 bits per heavy atom. The number of aryl methyl sites for hydroxylation is 1. The van der Waals surface area contributed by atoms with Crippen molar-refractivity contribution in [2.75, 3.05) is 24.5 Å². The van der Waals surface area contributed by atoms with Crippen molar-refractivity contribution in [1.29, 1.82) is 0 Å². The first-order chi connectivity index (χ1) is 22.0. The number of carbonyl (C=O) groups is 2. The Kier molecular flexibility index (Phi) is 12.1. The number of nitrogens with zero attached hydrogens (tertiary/aromatic N) is 2. The lowest BCUT2D eigenvalue weighted by molar-refractivity contribution is -0.140. The average Bonchev–Trinajstić information content (AvgIpc) is 3.06. The van der Waals surface area contributed by atoms with Gasteiger partial charge in [0.2, 0.25) is 11.8 Å². The highest BCUT2D eigenvalue weighted by Crippen LogP contribution is 2.31. The van der Waals surface area contributed by atoms with E-state index in [0.29, 0.717) is 24.3 Å². The van der Waals surface area contributed by atoms with Gasteiger partial charge in [-0.3, -0.25) is 13.9 Å². The third-order valence-corrected chi connectivity index (χ3v) is 9.91. The van der Waals surface area contributed by atoms with Crippen molar-refractivity contribution in [1.82, 2.24) is 10.2 Å². The van der Waals surface area contributed by atoms with Gasteiger partial charge < -0.3 is 15.0 Å². The van der Waals surface area contributed by atoms with Gasteiger partial charge in [0.05, 0.1) is 27.7 Å². The van der Waals surface area contributed by atoms with Crippen LogP contribution in [0.5, 0.6) is 5.75 Å². The molecule has 1 N–H and O–H groups in total. The normalized spacial score (nSPS) is 11.8. The highest BCUT2D eigenvalue weighted by atomic mass is 35.5. The molecule has 0 fully saturated rings. The molecule has 242 valence electrons. The van der Waals surface area contributed by atoms with Crippen LogP contribution in [0.25, 0.3) is 0 Å². The molecule has 0 aromatic heterocycles. The Hall–Kier alpha value is -4.05. The van der Waals surface area contributed by atoms with E-state index in [1.807, 2.05) is 50.2 Å². The predicted molar refractivity (Wildman–Crippen MR) is 183 cm³/mol. The largest absolute Gasteiger partial charge is 0.497 e. The van der Waals surface area contributed by atoms with Gasteiger partial charge in [0.25, 0.3) is 10.0 Å². The van der Waals surface area contributed by atoms with Crippen LogP contribution >= 0.6 is 23.2 Å². The lowest BCUT2D eigenvalue weighted by Crippen LogP contribution is -2.53. The van der Waals surface area contributed by atoms with Crippen LogP contribution in [0.2, 0.25) is 10.0 Å². The monoisotopic (exact) mass is 681 g/mol.